The van der Waals surface area contributed by atoms with Crippen LogP contribution < -0.4 is 0 Å². The molecule has 0 bridgehead atoms. The van der Waals surface area contributed by atoms with E-state index in [1.165, 1.54) is 0 Å². The van der Waals surface area contributed by atoms with Crippen LogP contribution in [0.2, 0.25) is 0 Å². The summed E-state index contributed by atoms with van der Waals surface area (Å²) in [6.45, 7) is 2.13. The lowest BCUT2D eigenvalue weighted by molar-refractivity contribution is 0.474. The molecule has 1 nitrogen and oxygen atoms in total. The van der Waals surface area contributed by atoms with Crippen molar-refractivity contribution < 1.29 is 5.11 Å². The molecule has 0 saturated heterocycles. The van der Waals surface area contributed by atoms with Crippen LogP contribution in [0.3, 0.4) is 0 Å². The van der Waals surface area contributed by atoms with Crippen molar-refractivity contribution in [2.45, 2.75) is 19.8 Å². The molecule has 12 heavy (non-hydrogen) atoms. The van der Waals surface area contributed by atoms with Gasteiger partial charge in [-0.25, -0.2) is 0 Å². The second kappa shape index (κ2) is 4.60. The monoisotopic (exact) mass is 162 g/mol. The van der Waals surface area contributed by atoms with Gasteiger partial charge in [0, 0.05) is 5.56 Å². The number of phenolic OH excluding ortho intramolecular Hbond substituents is 1. The lowest BCUT2D eigenvalue weighted by atomic mass is 10.1. The summed E-state index contributed by atoms with van der Waals surface area (Å²) in [6, 6.07) is 7.35. The third kappa shape index (κ3) is 2.42. The van der Waals surface area contributed by atoms with Crippen molar-refractivity contribution in [2.24, 2.45) is 0 Å². The van der Waals surface area contributed by atoms with Crippen LogP contribution in [-0.2, 0) is 0 Å². The average Bonchev–Trinajstić information content (AvgIpc) is 2.09. The molecule has 1 aromatic rings. The summed E-state index contributed by atoms with van der Waals surface area (Å²) in [5, 5.41) is 9.36. The molecule has 0 atom stereocenters. The SMILES string of the molecule is CCCC=Cc1ccccc1O. The van der Waals surface area contributed by atoms with Crippen LogP contribution >= 0.6 is 0 Å². The molecule has 0 radical (unpaired) electrons. The summed E-state index contributed by atoms with van der Waals surface area (Å²) < 4.78 is 0. The van der Waals surface area contributed by atoms with Crippen molar-refractivity contribution >= 4 is 6.08 Å². The Hall–Kier alpha value is -1.24. The Balaban J connectivity index is 2.68. The van der Waals surface area contributed by atoms with E-state index in [9.17, 15) is 5.11 Å². The third-order valence-electron chi connectivity index (χ3n) is 1.69. The summed E-state index contributed by atoms with van der Waals surface area (Å²) in [5.74, 6) is 0.352. The largest absolute Gasteiger partial charge is 0.507 e. The van der Waals surface area contributed by atoms with Crippen LogP contribution in [0.25, 0.3) is 6.08 Å². The molecular weight excluding hydrogens is 148 g/mol. The van der Waals surface area contributed by atoms with Gasteiger partial charge in [0.05, 0.1) is 0 Å². The smallest absolute Gasteiger partial charge is 0.122 e. The van der Waals surface area contributed by atoms with Crippen molar-refractivity contribution in [1.29, 1.82) is 0 Å². The quantitative estimate of drug-likeness (QED) is 0.723. The Kier molecular flexibility index (Phi) is 3.39. The Morgan fingerprint density at radius 2 is 2.08 bits per heavy atom. The van der Waals surface area contributed by atoms with Gasteiger partial charge in [0.1, 0.15) is 5.75 Å². The molecule has 1 rings (SSSR count). The number of benzene rings is 1. The summed E-state index contributed by atoms with van der Waals surface area (Å²) in [7, 11) is 0. The van der Waals surface area contributed by atoms with E-state index in [1.807, 2.05) is 24.3 Å². The number of hydrogen-bond acceptors (Lipinski definition) is 1. The van der Waals surface area contributed by atoms with Crippen LogP contribution in [0.15, 0.2) is 30.3 Å². The number of allylic oxidation sites excluding steroid dienone is 1. The molecule has 0 amide bonds. The van der Waals surface area contributed by atoms with Gasteiger partial charge < -0.3 is 5.11 Å². The zero-order valence-corrected chi connectivity index (χ0v) is 7.33. The van der Waals surface area contributed by atoms with E-state index in [0.717, 1.165) is 18.4 Å². The number of phenols is 1. The molecular formula is C11H14O. The van der Waals surface area contributed by atoms with E-state index in [1.54, 1.807) is 6.07 Å². The maximum Gasteiger partial charge on any atom is 0.122 e. The Morgan fingerprint density at radius 1 is 1.33 bits per heavy atom. The first-order valence-corrected chi connectivity index (χ1v) is 4.29. The maximum absolute atomic E-state index is 9.36. The van der Waals surface area contributed by atoms with E-state index in [2.05, 4.69) is 13.0 Å². The first-order valence-electron chi connectivity index (χ1n) is 4.29. The van der Waals surface area contributed by atoms with Crippen LogP contribution in [0.5, 0.6) is 5.75 Å². The zero-order valence-electron chi connectivity index (χ0n) is 7.33. The molecule has 1 N–H and O–H groups in total. The van der Waals surface area contributed by atoms with Crippen LogP contribution in [0, 0.1) is 0 Å². The Morgan fingerprint density at radius 3 is 2.75 bits per heavy atom. The normalized spacial score (nSPS) is 10.8. The van der Waals surface area contributed by atoms with Crippen LogP contribution in [0.1, 0.15) is 25.3 Å². The topological polar surface area (TPSA) is 20.2 Å². The van der Waals surface area contributed by atoms with E-state index < -0.39 is 0 Å². The number of para-hydroxylation sites is 1. The van der Waals surface area contributed by atoms with E-state index in [-0.39, 0.29) is 0 Å². The van der Waals surface area contributed by atoms with Crippen molar-refractivity contribution in [3.8, 4) is 5.75 Å². The first kappa shape index (κ1) is 8.85. The summed E-state index contributed by atoms with van der Waals surface area (Å²) in [5.41, 5.74) is 0.894. The maximum atomic E-state index is 9.36. The predicted molar refractivity (Wildman–Crippen MR) is 52.0 cm³/mol. The fourth-order valence-electron chi connectivity index (χ4n) is 1.01. The van der Waals surface area contributed by atoms with Gasteiger partial charge in [-0.1, -0.05) is 43.7 Å². The number of hydrogen-bond donors (Lipinski definition) is 1. The van der Waals surface area contributed by atoms with Crippen molar-refractivity contribution in [1.82, 2.24) is 0 Å². The standard InChI is InChI=1S/C11H14O/c1-2-3-4-7-10-8-5-6-9-11(10)12/h4-9,12H,2-3H2,1H3. The minimum Gasteiger partial charge on any atom is -0.507 e. The van der Waals surface area contributed by atoms with Gasteiger partial charge in [-0.2, -0.15) is 0 Å². The van der Waals surface area contributed by atoms with Gasteiger partial charge in [0.2, 0.25) is 0 Å². The number of unbranched alkanes of at least 4 members (excludes halogenated alkanes) is 1. The molecule has 0 heterocycles. The predicted octanol–water partition coefficient (Wildman–Crippen LogP) is 3.21. The molecule has 0 aliphatic rings. The molecule has 0 aliphatic heterocycles. The highest BCUT2D eigenvalue weighted by molar-refractivity contribution is 5.56. The molecule has 0 saturated carbocycles. The molecule has 0 aromatic heterocycles. The second-order valence-corrected chi connectivity index (χ2v) is 2.75. The number of aromatic hydroxyl groups is 1. The van der Waals surface area contributed by atoms with Crippen LogP contribution in [0.4, 0.5) is 0 Å². The van der Waals surface area contributed by atoms with Gasteiger partial charge >= 0.3 is 0 Å². The fraction of sp³-hybridized carbons (Fsp3) is 0.273. The Labute approximate surface area is 73.4 Å². The van der Waals surface area contributed by atoms with Gasteiger partial charge in [0.25, 0.3) is 0 Å². The van der Waals surface area contributed by atoms with E-state index >= 15 is 0 Å². The second-order valence-electron chi connectivity index (χ2n) is 2.75. The van der Waals surface area contributed by atoms with E-state index in [0.29, 0.717) is 5.75 Å². The van der Waals surface area contributed by atoms with Crippen molar-refractivity contribution in [3.05, 3.63) is 35.9 Å². The first-order chi connectivity index (χ1) is 5.84. The van der Waals surface area contributed by atoms with Crippen LogP contribution in [-0.4, -0.2) is 5.11 Å². The van der Waals surface area contributed by atoms with E-state index in [4.69, 9.17) is 0 Å². The minimum atomic E-state index is 0.352. The third-order valence-corrected chi connectivity index (χ3v) is 1.69. The molecule has 1 aromatic carbocycles. The molecule has 64 valence electrons. The molecule has 0 aliphatic carbocycles. The van der Waals surface area contributed by atoms with Gasteiger partial charge in [-0.3, -0.25) is 0 Å². The number of rotatable bonds is 3. The Bertz CT molecular complexity index is 263. The molecule has 0 spiro atoms. The average molecular weight is 162 g/mol. The molecule has 0 unspecified atom stereocenters. The highest BCUT2D eigenvalue weighted by atomic mass is 16.3. The molecule has 0 fully saturated rings. The van der Waals surface area contributed by atoms with Crippen molar-refractivity contribution in [3.63, 3.8) is 0 Å². The highest BCUT2D eigenvalue weighted by Crippen LogP contribution is 2.17. The van der Waals surface area contributed by atoms with Gasteiger partial charge in [-0.05, 0) is 12.5 Å². The minimum absolute atomic E-state index is 0.352. The molecule has 1 heteroatoms. The lowest BCUT2D eigenvalue weighted by Crippen LogP contribution is -1.72. The zero-order chi connectivity index (χ0) is 8.81. The summed E-state index contributed by atoms with van der Waals surface area (Å²) in [6.07, 6.45) is 6.24. The van der Waals surface area contributed by atoms with Crippen molar-refractivity contribution in [2.75, 3.05) is 0 Å². The summed E-state index contributed by atoms with van der Waals surface area (Å²) in [4.78, 5) is 0. The van der Waals surface area contributed by atoms with Gasteiger partial charge in [-0.15, -0.1) is 0 Å². The lowest BCUT2D eigenvalue weighted by Gasteiger charge is -1.96. The summed E-state index contributed by atoms with van der Waals surface area (Å²) >= 11 is 0. The highest BCUT2D eigenvalue weighted by Gasteiger charge is 1.91. The fourth-order valence-corrected chi connectivity index (χ4v) is 1.01. The van der Waals surface area contributed by atoms with Gasteiger partial charge in [0.15, 0.2) is 0 Å².